The number of pyridine rings is 1. The predicted octanol–water partition coefficient (Wildman–Crippen LogP) is 4.34. The normalized spacial score (nSPS) is 16.2. The van der Waals surface area contributed by atoms with Crippen LogP contribution in [-0.4, -0.2) is 33.8 Å². The minimum Gasteiger partial charge on any atom is -0.398 e. The fraction of sp³-hybridized carbons (Fsp3) is 0.318. The average Bonchev–Trinajstić information content (AvgIpc) is 3.39. The molecule has 3 heterocycles. The van der Waals surface area contributed by atoms with Crippen molar-refractivity contribution >= 4 is 35.1 Å². The fourth-order valence-corrected chi connectivity index (χ4v) is 4.37. The van der Waals surface area contributed by atoms with Crippen LogP contribution in [0.15, 0.2) is 41.9 Å². The van der Waals surface area contributed by atoms with Crippen molar-refractivity contribution in [3.8, 4) is 28.0 Å². The van der Waals surface area contributed by atoms with Gasteiger partial charge in [-0.25, -0.2) is 9.97 Å². The third-order valence-electron chi connectivity index (χ3n) is 5.49. The summed E-state index contributed by atoms with van der Waals surface area (Å²) in [6.07, 6.45) is 2.67. The number of hydrogen-bond donors (Lipinski definition) is 2. The molecule has 0 saturated carbocycles. The molecule has 0 spiro atoms. The maximum atomic E-state index is 10.3. The van der Waals surface area contributed by atoms with Gasteiger partial charge in [-0.1, -0.05) is 12.1 Å². The summed E-state index contributed by atoms with van der Waals surface area (Å²) in [5.41, 5.74) is 9.39. The highest BCUT2D eigenvalue weighted by molar-refractivity contribution is 7.13. The van der Waals surface area contributed by atoms with Crippen molar-refractivity contribution in [3.63, 3.8) is 0 Å². The maximum Gasteiger partial charge on any atom is 0.141 e. The number of rotatable bonds is 4. The number of halogens is 1. The van der Waals surface area contributed by atoms with Crippen molar-refractivity contribution in [1.29, 1.82) is 5.26 Å². The van der Waals surface area contributed by atoms with Gasteiger partial charge in [-0.3, -0.25) is 0 Å². The summed E-state index contributed by atoms with van der Waals surface area (Å²) in [4.78, 5) is 11.3. The summed E-state index contributed by atoms with van der Waals surface area (Å²) in [7, 11) is 0. The Bertz CT molecular complexity index is 1070. The molecule has 1 aliphatic heterocycles. The van der Waals surface area contributed by atoms with Crippen LogP contribution in [0.2, 0.25) is 0 Å². The van der Waals surface area contributed by atoms with Gasteiger partial charge in [-0.2, -0.15) is 5.26 Å². The number of aromatic nitrogens is 2. The molecule has 0 aliphatic carbocycles. The van der Waals surface area contributed by atoms with Gasteiger partial charge in [-0.05, 0) is 38.5 Å². The van der Waals surface area contributed by atoms with Crippen LogP contribution in [0, 0.1) is 17.2 Å². The summed E-state index contributed by atoms with van der Waals surface area (Å²) >= 11 is 1.48. The molecule has 0 radical (unpaired) electrons. The molecule has 0 bridgehead atoms. The zero-order chi connectivity index (χ0) is 20.6. The van der Waals surface area contributed by atoms with E-state index in [1.165, 1.54) is 11.3 Å². The summed E-state index contributed by atoms with van der Waals surface area (Å²) in [5, 5.41) is 22.7. The Morgan fingerprint density at radius 3 is 2.77 bits per heavy atom. The highest BCUT2D eigenvalue weighted by Gasteiger charge is 2.33. The second kappa shape index (κ2) is 8.60. The largest absolute Gasteiger partial charge is 0.398 e. The van der Waals surface area contributed by atoms with Gasteiger partial charge in [0.05, 0.1) is 17.0 Å². The molecule has 4 rings (SSSR count). The Morgan fingerprint density at radius 2 is 2.13 bits per heavy atom. The fourth-order valence-electron chi connectivity index (χ4n) is 3.77. The molecule has 1 atom stereocenters. The zero-order valence-electron chi connectivity index (χ0n) is 16.9. The summed E-state index contributed by atoms with van der Waals surface area (Å²) in [6, 6.07) is 11.9. The lowest BCUT2D eigenvalue weighted by atomic mass is 9.90. The molecule has 8 heteroatoms. The van der Waals surface area contributed by atoms with Crippen molar-refractivity contribution < 1.29 is 5.11 Å². The van der Waals surface area contributed by atoms with Gasteiger partial charge in [0.1, 0.15) is 22.3 Å². The molecule has 156 valence electrons. The van der Waals surface area contributed by atoms with Crippen LogP contribution in [0.5, 0.6) is 0 Å². The number of benzene rings is 1. The van der Waals surface area contributed by atoms with Crippen molar-refractivity contribution in [2.24, 2.45) is 5.92 Å². The van der Waals surface area contributed by atoms with Crippen molar-refractivity contribution in [2.45, 2.75) is 25.9 Å². The Hall–Kier alpha value is -2.66. The third kappa shape index (κ3) is 4.26. The number of nitriles is 1. The van der Waals surface area contributed by atoms with Crippen molar-refractivity contribution in [1.82, 2.24) is 9.97 Å². The molecule has 30 heavy (non-hydrogen) atoms. The minimum atomic E-state index is -0.696. The van der Waals surface area contributed by atoms with Gasteiger partial charge in [0.2, 0.25) is 0 Å². The Balaban J connectivity index is 0.00000256. The van der Waals surface area contributed by atoms with Gasteiger partial charge in [0.15, 0.2) is 0 Å². The lowest BCUT2D eigenvalue weighted by Gasteiger charge is -2.26. The van der Waals surface area contributed by atoms with Crippen LogP contribution in [0.3, 0.4) is 0 Å². The summed E-state index contributed by atoms with van der Waals surface area (Å²) in [6.45, 7) is 5.42. The number of nitrogens with zero attached hydrogens (tertiary/aromatic N) is 4. The third-order valence-corrected chi connectivity index (χ3v) is 6.28. The topological polar surface area (TPSA) is 99.1 Å². The Kier molecular flexibility index (Phi) is 6.32. The first kappa shape index (κ1) is 22.0. The van der Waals surface area contributed by atoms with E-state index in [4.69, 9.17) is 10.7 Å². The first-order valence-electron chi connectivity index (χ1n) is 9.55. The van der Waals surface area contributed by atoms with E-state index >= 15 is 0 Å². The molecule has 3 aromatic rings. The summed E-state index contributed by atoms with van der Waals surface area (Å²) in [5.74, 6) is 0.225. The minimum absolute atomic E-state index is 0. The molecule has 2 aromatic heterocycles. The SMILES string of the molecule is CC(C)(O)C1CCN(c2cccc(-c3nc(-c4nccs4)cc(N)c3C#N)c2)C1.Cl. The molecular weight excluding hydrogens is 418 g/mol. The monoisotopic (exact) mass is 441 g/mol. The van der Waals surface area contributed by atoms with Crippen LogP contribution in [0.4, 0.5) is 11.4 Å². The number of anilines is 2. The van der Waals surface area contributed by atoms with E-state index in [-0.39, 0.29) is 18.3 Å². The van der Waals surface area contributed by atoms with E-state index in [1.54, 1.807) is 12.3 Å². The van der Waals surface area contributed by atoms with Crippen LogP contribution in [0.25, 0.3) is 22.0 Å². The maximum absolute atomic E-state index is 10.3. The van der Waals surface area contributed by atoms with E-state index in [9.17, 15) is 10.4 Å². The molecule has 6 nitrogen and oxygen atoms in total. The van der Waals surface area contributed by atoms with Gasteiger partial charge >= 0.3 is 0 Å². The second-order valence-corrected chi connectivity index (χ2v) is 8.80. The first-order valence-corrected chi connectivity index (χ1v) is 10.4. The van der Waals surface area contributed by atoms with Gasteiger partial charge < -0.3 is 15.7 Å². The Morgan fingerprint density at radius 1 is 1.33 bits per heavy atom. The van der Waals surface area contributed by atoms with E-state index in [0.717, 1.165) is 35.8 Å². The van der Waals surface area contributed by atoms with Crippen LogP contribution in [-0.2, 0) is 0 Å². The van der Waals surface area contributed by atoms with Crippen LogP contribution < -0.4 is 10.6 Å². The van der Waals surface area contributed by atoms with E-state index in [0.29, 0.717) is 22.6 Å². The molecular formula is C22H24ClN5OS. The van der Waals surface area contributed by atoms with Crippen molar-refractivity contribution in [3.05, 3.63) is 47.5 Å². The molecule has 3 N–H and O–H groups in total. The highest BCUT2D eigenvalue weighted by Crippen LogP contribution is 2.35. The lowest BCUT2D eigenvalue weighted by Crippen LogP contribution is -2.33. The molecule has 0 amide bonds. The molecule has 1 unspecified atom stereocenters. The zero-order valence-corrected chi connectivity index (χ0v) is 18.5. The van der Waals surface area contributed by atoms with E-state index in [1.807, 2.05) is 37.4 Å². The standard InChI is InChI=1S/C22H23N5OS.ClH/c1-22(2,28)15-6-8-27(13-15)16-5-3-4-14(10-16)20-17(12-23)18(24)11-19(26-20)21-25-7-9-29-21;/h3-5,7,9-11,15,28H,6,8,13H2,1-2H3,(H2,24,26);1H. The lowest BCUT2D eigenvalue weighted by molar-refractivity contribution is 0.0263. The van der Waals surface area contributed by atoms with Crippen LogP contribution in [0.1, 0.15) is 25.8 Å². The number of nitrogens with two attached hydrogens (primary N) is 1. The van der Waals surface area contributed by atoms with Crippen molar-refractivity contribution in [2.75, 3.05) is 23.7 Å². The quantitative estimate of drug-likeness (QED) is 0.624. The molecule has 1 aromatic carbocycles. The smallest absolute Gasteiger partial charge is 0.141 e. The Labute approximate surface area is 186 Å². The molecule has 1 aliphatic rings. The number of aliphatic hydroxyl groups is 1. The van der Waals surface area contributed by atoms with Crippen LogP contribution >= 0.6 is 23.7 Å². The molecule has 1 fully saturated rings. The number of hydrogen-bond acceptors (Lipinski definition) is 7. The molecule has 1 saturated heterocycles. The van der Waals surface area contributed by atoms with Gasteiger partial charge in [-0.15, -0.1) is 23.7 Å². The highest BCUT2D eigenvalue weighted by atomic mass is 35.5. The van der Waals surface area contributed by atoms with E-state index < -0.39 is 5.60 Å². The summed E-state index contributed by atoms with van der Waals surface area (Å²) < 4.78 is 0. The van der Waals surface area contributed by atoms with Gasteiger partial charge in [0, 0.05) is 41.8 Å². The average molecular weight is 442 g/mol. The first-order chi connectivity index (χ1) is 13.9. The number of nitrogen functional groups attached to an aromatic ring is 1. The van der Waals surface area contributed by atoms with E-state index in [2.05, 4.69) is 22.0 Å². The predicted molar refractivity (Wildman–Crippen MR) is 124 cm³/mol. The number of thiazole rings is 1. The second-order valence-electron chi connectivity index (χ2n) is 7.90. The van der Waals surface area contributed by atoms with Gasteiger partial charge in [0.25, 0.3) is 0 Å².